The number of carboxylic acids is 1. The van der Waals surface area contributed by atoms with Crippen molar-refractivity contribution in [2.24, 2.45) is 0 Å². The normalized spacial score (nSPS) is 18.8. The molecule has 3 rings (SSSR count). The Labute approximate surface area is 175 Å². The highest BCUT2D eigenvalue weighted by atomic mass is 16.5. The number of anilines is 1. The topological polar surface area (TPSA) is 114 Å². The van der Waals surface area contributed by atoms with Gasteiger partial charge in [0, 0.05) is 20.1 Å². The molecule has 2 unspecified atom stereocenters. The molecule has 2 N–H and O–H groups in total. The summed E-state index contributed by atoms with van der Waals surface area (Å²) in [5.74, 6) is -0.729. The van der Waals surface area contributed by atoms with Crippen LogP contribution in [0.25, 0.3) is 0 Å². The Bertz CT molecular complexity index is 854. The molecule has 2 atom stereocenters. The lowest BCUT2D eigenvalue weighted by Gasteiger charge is -2.37. The summed E-state index contributed by atoms with van der Waals surface area (Å²) < 4.78 is 16.6. The van der Waals surface area contributed by atoms with Crippen LogP contribution >= 0.6 is 0 Å². The molecule has 0 saturated carbocycles. The van der Waals surface area contributed by atoms with Gasteiger partial charge < -0.3 is 29.2 Å². The number of amides is 1. The second kappa shape index (κ2) is 10.1. The van der Waals surface area contributed by atoms with Gasteiger partial charge in [0.15, 0.2) is 5.69 Å². The minimum atomic E-state index is -1.10. The first kappa shape index (κ1) is 21.6. The number of hydrogen-bond acceptors (Lipinski definition) is 7. The Kier molecular flexibility index (Phi) is 7.29. The monoisotopic (exact) mass is 417 g/mol. The molecule has 30 heavy (non-hydrogen) atoms. The van der Waals surface area contributed by atoms with Gasteiger partial charge in [-0.25, -0.2) is 9.59 Å². The fourth-order valence-electron chi connectivity index (χ4n) is 3.45. The number of ether oxygens (including phenoxy) is 2. The van der Waals surface area contributed by atoms with Crippen molar-refractivity contribution in [2.75, 3.05) is 25.1 Å². The summed E-state index contributed by atoms with van der Waals surface area (Å²) in [7, 11) is 1.57. The molecule has 1 aliphatic rings. The first-order valence-electron chi connectivity index (χ1n) is 9.99. The molecule has 1 saturated heterocycles. The molecule has 1 fully saturated rings. The number of methoxy groups -OCH3 is 1. The molecular formula is C21H27N3O6. The number of carbonyl (C=O) groups excluding carboxylic acids is 1. The molecular weight excluding hydrogens is 390 g/mol. The molecule has 1 aromatic heterocycles. The number of carbonyl (C=O) groups is 2. The van der Waals surface area contributed by atoms with Crippen LogP contribution < -0.4 is 10.2 Å². The number of aromatic carboxylic acids is 1. The predicted molar refractivity (Wildman–Crippen MR) is 109 cm³/mol. The SMILES string of the molecule is CCCc1oc(N2CCC(NC(=O)OCc3ccccc3)C(OC)C2)nc1C(=O)O. The van der Waals surface area contributed by atoms with E-state index >= 15 is 0 Å². The third-order valence-corrected chi connectivity index (χ3v) is 5.01. The van der Waals surface area contributed by atoms with Gasteiger partial charge in [0.2, 0.25) is 0 Å². The van der Waals surface area contributed by atoms with Gasteiger partial charge in [0.1, 0.15) is 12.4 Å². The number of nitrogens with zero attached hydrogens (tertiary/aromatic N) is 2. The van der Waals surface area contributed by atoms with E-state index in [0.717, 1.165) is 12.0 Å². The van der Waals surface area contributed by atoms with E-state index in [1.54, 1.807) is 7.11 Å². The van der Waals surface area contributed by atoms with E-state index in [-0.39, 0.29) is 30.5 Å². The number of rotatable bonds is 8. The van der Waals surface area contributed by atoms with Crippen LogP contribution in [-0.2, 0) is 22.5 Å². The summed E-state index contributed by atoms with van der Waals surface area (Å²) >= 11 is 0. The molecule has 1 amide bonds. The van der Waals surface area contributed by atoms with Crippen molar-refractivity contribution in [3.05, 3.63) is 47.3 Å². The maximum Gasteiger partial charge on any atom is 0.407 e. The van der Waals surface area contributed by atoms with Crippen molar-refractivity contribution in [3.8, 4) is 0 Å². The first-order valence-corrected chi connectivity index (χ1v) is 9.99. The fraction of sp³-hybridized carbons (Fsp3) is 0.476. The summed E-state index contributed by atoms with van der Waals surface area (Å²) in [4.78, 5) is 29.6. The zero-order chi connectivity index (χ0) is 21.5. The van der Waals surface area contributed by atoms with Crippen LogP contribution in [0.4, 0.5) is 10.8 Å². The van der Waals surface area contributed by atoms with Crippen molar-refractivity contribution in [2.45, 2.75) is 44.9 Å². The van der Waals surface area contributed by atoms with Crippen LogP contribution in [0.5, 0.6) is 0 Å². The van der Waals surface area contributed by atoms with Crippen LogP contribution in [0.15, 0.2) is 34.7 Å². The van der Waals surface area contributed by atoms with E-state index < -0.39 is 12.1 Å². The number of nitrogens with one attached hydrogen (secondary N) is 1. The summed E-state index contributed by atoms with van der Waals surface area (Å²) in [5, 5.41) is 12.2. The van der Waals surface area contributed by atoms with Gasteiger partial charge in [0.25, 0.3) is 6.01 Å². The van der Waals surface area contributed by atoms with Gasteiger partial charge in [-0.3, -0.25) is 0 Å². The molecule has 9 heteroatoms. The van der Waals surface area contributed by atoms with Gasteiger partial charge in [-0.05, 0) is 18.4 Å². The molecule has 162 valence electrons. The zero-order valence-corrected chi connectivity index (χ0v) is 17.2. The lowest BCUT2D eigenvalue weighted by Crippen LogP contribution is -2.55. The second-order valence-corrected chi connectivity index (χ2v) is 7.14. The molecule has 0 radical (unpaired) electrons. The standard InChI is InChI=1S/C21H27N3O6/c1-3-7-16-18(19(25)26)23-20(30-16)24-11-10-15(17(12-24)28-2)22-21(27)29-13-14-8-5-4-6-9-14/h4-6,8-9,15,17H,3,7,10-13H2,1-2H3,(H,22,27)(H,25,26). The van der Waals surface area contributed by atoms with Crippen molar-refractivity contribution >= 4 is 18.1 Å². The van der Waals surface area contributed by atoms with Crippen LogP contribution in [0.2, 0.25) is 0 Å². The first-order chi connectivity index (χ1) is 14.5. The molecule has 2 heterocycles. The van der Waals surface area contributed by atoms with Gasteiger partial charge in [-0.15, -0.1) is 0 Å². The van der Waals surface area contributed by atoms with Crippen LogP contribution in [0, 0.1) is 0 Å². The third kappa shape index (κ3) is 5.29. The third-order valence-electron chi connectivity index (χ3n) is 5.01. The van der Waals surface area contributed by atoms with E-state index in [1.807, 2.05) is 42.2 Å². The van der Waals surface area contributed by atoms with Gasteiger partial charge in [0.05, 0.1) is 18.7 Å². The highest BCUT2D eigenvalue weighted by Gasteiger charge is 2.33. The molecule has 1 aliphatic heterocycles. The average Bonchev–Trinajstić information content (AvgIpc) is 3.18. The van der Waals surface area contributed by atoms with Crippen LogP contribution in [0.1, 0.15) is 41.6 Å². The van der Waals surface area contributed by atoms with E-state index in [1.165, 1.54) is 0 Å². The van der Waals surface area contributed by atoms with Gasteiger partial charge in [-0.2, -0.15) is 4.98 Å². The van der Waals surface area contributed by atoms with Crippen molar-refractivity contribution in [3.63, 3.8) is 0 Å². The summed E-state index contributed by atoms with van der Waals surface area (Å²) in [6.07, 6.45) is 1.01. The smallest absolute Gasteiger partial charge is 0.407 e. The molecule has 0 aliphatic carbocycles. The number of hydrogen-bond donors (Lipinski definition) is 2. The quantitative estimate of drug-likeness (QED) is 0.674. The maximum absolute atomic E-state index is 12.2. The number of carboxylic acid groups (broad SMARTS) is 1. The highest BCUT2D eigenvalue weighted by molar-refractivity contribution is 5.86. The lowest BCUT2D eigenvalue weighted by molar-refractivity contribution is 0.0535. The lowest BCUT2D eigenvalue weighted by atomic mass is 10.0. The Morgan fingerprint density at radius 3 is 2.77 bits per heavy atom. The number of piperidine rings is 1. The van der Waals surface area contributed by atoms with Crippen molar-refractivity contribution in [1.29, 1.82) is 0 Å². The number of aryl methyl sites for hydroxylation is 1. The van der Waals surface area contributed by atoms with E-state index in [9.17, 15) is 14.7 Å². The number of alkyl carbamates (subject to hydrolysis) is 1. The number of aromatic nitrogens is 1. The Morgan fingerprint density at radius 1 is 1.33 bits per heavy atom. The van der Waals surface area contributed by atoms with E-state index in [4.69, 9.17) is 13.9 Å². The minimum absolute atomic E-state index is 0.0504. The summed E-state index contributed by atoms with van der Waals surface area (Å²) in [6.45, 7) is 3.08. The fourth-order valence-corrected chi connectivity index (χ4v) is 3.45. The molecule has 0 spiro atoms. The van der Waals surface area contributed by atoms with Gasteiger partial charge in [-0.1, -0.05) is 37.3 Å². The Balaban J connectivity index is 1.58. The highest BCUT2D eigenvalue weighted by Crippen LogP contribution is 2.25. The Hall–Kier alpha value is -3.07. The van der Waals surface area contributed by atoms with Crippen LogP contribution in [0.3, 0.4) is 0 Å². The summed E-state index contributed by atoms with van der Waals surface area (Å²) in [6, 6.07) is 9.48. The maximum atomic E-state index is 12.2. The van der Waals surface area contributed by atoms with Crippen molar-refractivity contribution < 1.29 is 28.6 Å². The van der Waals surface area contributed by atoms with Gasteiger partial charge >= 0.3 is 12.1 Å². The van der Waals surface area contributed by atoms with Crippen LogP contribution in [-0.4, -0.2) is 54.5 Å². The van der Waals surface area contributed by atoms with E-state index in [2.05, 4.69) is 10.3 Å². The molecule has 0 bridgehead atoms. The molecule has 2 aromatic rings. The minimum Gasteiger partial charge on any atom is -0.476 e. The number of benzene rings is 1. The average molecular weight is 417 g/mol. The second-order valence-electron chi connectivity index (χ2n) is 7.14. The Morgan fingerprint density at radius 2 is 2.10 bits per heavy atom. The van der Waals surface area contributed by atoms with E-state index in [0.29, 0.717) is 31.7 Å². The molecule has 9 nitrogen and oxygen atoms in total. The predicted octanol–water partition coefficient (Wildman–Crippen LogP) is 2.85. The number of oxazole rings is 1. The largest absolute Gasteiger partial charge is 0.476 e. The molecule has 1 aromatic carbocycles. The summed E-state index contributed by atoms with van der Waals surface area (Å²) in [5.41, 5.74) is 0.859. The van der Waals surface area contributed by atoms with Crippen molar-refractivity contribution in [1.82, 2.24) is 10.3 Å². The zero-order valence-electron chi connectivity index (χ0n) is 17.2.